The number of thiazole rings is 1. The van der Waals surface area contributed by atoms with E-state index in [0.29, 0.717) is 12.6 Å². The number of methoxy groups -OCH3 is 1. The third-order valence-corrected chi connectivity index (χ3v) is 4.30. The van der Waals surface area contributed by atoms with Gasteiger partial charge in [-0.15, -0.1) is 11.3 Å². The summed E-state index contributed by atoms with van der Waals surface area (Å²) in [7, 11) is 1.72. The number of rotatable bonds is 6. The van der Waals surface area contributed by atoms with Gasteiger partial charge in [0.25, 0.3) is 0 Å². The second-order valence-electron chi connectivity index (χ2n) is 4.70. The third-order valence-electron chi connectivity index (χ3n) is 3.30. The molecule has 1 fully saturated rings. The van der Waals surface area contributed by atoms with Crippen LogP contribution in [0.5, 0.6) is 0 Å². The Bertz CT molecular complexity index is 350. The van der Waals surface area contributed by atoms with Gasteiger partial charge in [-0.25, -0.2) is 4.98 Å². The molecule has 1 unspecified atom stereocenters. The molecule has 2 heterocycles. The summed E-state index contributed by atoms with van der Waals surface area (Å²) >= 11 is 1.78. The number of nitrogens with zero attached hydrogens (tertiary/aromatic N) is 2. The van der Waals surface area contributed by atoms with E-state index in [1.54, 1.807) is 18.4 Å². The lowest BCUT2D eigenvalue weighted by Crippen LogP contribution is -2.45. The molecule has 1 aromatic heterocycles. The standard InChI is InChI=1S/C13H23N3OS/c1-3-4-12(16-7-5-14-6-8-16)13-15-11(9-17-2)10-18-13/h10,12,14H,3-9H2,1-2H3. The first kappa shape index (κ1) is 13.9. The Morgan fingerprint density at radius 3 is 2.94 bits per heavy atom. The van der Waals surface area contributed by atoms with Gasteiger partial charge in [0.2, 0.25) is 0 Å². The molecule has 4 nitrogen and oxygen atoms in total. The van der Waals surface area contributed by atoms with Crippen molar-refractivity contribution in [1.29, 1.82) is 0 Å². The first-order valence-electron chi connectivity index (χ1n) is 6.73. The molecule has 0 aliphatic carbocycles. The van der Waals surface area contributed by atoms with Crippen molar-refractivity contribution in [2.75, 3.05) is 33.3 Å². The molecule has 1 saturated heterocycles. The first-order valence-corrected chi connectivity index (χ1v) is 7.61. The normalized spacial score (nSPS) is 19.0. The summed E-state index contributed by atoms with van der Waals surface area (Å²) in [5.74, 6) is 0. The van der Waals surface area contributed by atoms with Crippen LogP contribution in [0.15, 0.2) is 5.38 Å². The fraction of sp³-hybridized carbons (Fsp3) is 0.769. The Morgan fingerprint density at radius 1 is 1.50 bits per heavy atom. The summed E-state index contributed by atoms with van der Waals surface area (Å²) in [4.78, 5) is 7.29. The van der Waals surface area contributed by atoms with Crippen LogP contribution >= 0.6 is 11.3 Å². The van der Waals surface area contributed by atoms with Gasteiger partial charge in [-0.2, -0.15) is 0 Å². The molecule has 1 aliphatic heterocycles. The van der Waals surface area contributed by atoms with Crippen LogP contribution in [0, 0.1) is 0 Å². The molecule has 0 spiro atoms. The fourth-order valence-corrected chi connectivity index (χ4v) is 3.39. The maximum absolute atomic E-state index is 5.15. The van der Waals surface area contributed by atoms with Crippen molar-refractivity contribution in [2.45, 2.75) is 32.4 Å². The Labute approximate surface area is 113 Å². The van der Waals surface area contributed by atoms with Gasteiger partial charge in [-0.3, -0.25) is 4.90 Å². The zero-order valence-electron chi connectivity index (χ0n) is 11.3. The van der Waals surface area contributed by atoms with Crippen LogP contribution in [0.1, 0.15) is 36.5 Å². The van der Waals surface area contributed by atoms with E-state index in [4.69, 9.17) is 9.72 Å². The molecule has 0 radical (unpaired) electrons. The number of piperazine rings is 1. The molecule has 102 valence electrons. The van der Waals surface area contributed by atoms with Crippen LogP contribution < -0.4 is 5.32 Å². The average Bonchev–Trinajstić information content (AvgIpc) is 2.86. The summed E-state index contributed by atoms with van der Waals surface area (Å²) in [5, 5.41) is 6.79. The van der Waals surface area contributed by atoms with Crippen molar-refractivity contribution < 1.29 is 4.74 Å². The first-order chi connectivity index (χ1) is 8.85. The molecule has 5 heteroatoms. The minimum absolute atomic E-state index is 0.493. The summed E-state index contributed by atoms with van der Waals surface area (Å²) < 4.78 is 5.15. The number of hydrogen-bond acceptors (Lipinski definition) is 5. The molecule has 1 aliphatic rings. The van der Waals surface area contributed by atoms with E-state index in [1.807, 2.05) is 0 Å². The van der Waals surface area contributed by atoms with E-state index in [1.165, 1.54) is 17.8 Å². The van der Waals surface area contributed by atoms with Crippen LogP contribution in [0.4, 0.5) is 0 Å². The molecule has 0 amide bonds. The molecular formula is C13H23N3OS. The topological polar surface area (TPSA) is 37.4 Å². The molecule has 2 rings (SSSR count). The highest BCUT2D eigenvalue weighted by molar-refractivity contribution is 7.09. The number of ether oxygens (including phenoxy) is 1. The summed E-state index contributed by atoms with van der Waals surface area (Å²) in [6, 6.07) is 0.493. The molecule has 1 atom stereocenters. The quantitative estimate of drug-likeness (QED) is 0.857. The number of hydrogen-bond donors (Lipinski definition) is 1. The van der Waals surface area contributed by atoms with Gasteiger partial charge in [-0.1, -0.05) is 13.3 Å². The van der Waals surface area contributed by atoms with Crippen molar-refractivity contribution in [2.24, 2.45) is 0 Å². The predicted octanol–water partition coefficient (Wildman–Crippen LogP) is 2.04. The maximum Gasteiger partial charge on any atom is 0.110 e. The van der Waals surface area contributed by atoms with Gasteiger partial charge < -0.3 is 10.1 Å². The molecular weight excluding hydrogens is 246 g/mol. The minimum Gasteiger partial charge on any atom is -0.378 e. The lowest BCUT2D eigenvalue weighted by molar-refractivity contribution is 0.162. The Morgan fingerprint density at radius 2 is 2.28 bits per heavy atom. The lowest BCUT2D eigenvalue weighted by atomic mass is 10.1. The van der Waals surface area contributed by atoms with Gasteiger partial charge in [-0.05, 0) is 6.42 Å². The van der Waals surface area contributed by atoms with Crippen LogP contribution in [-0.2, 0) is 11.3 Å². The summed E-state index contributed by atoms with van der Waals surface area (Å²) in [6.07, 6.45) is 2.40. The number of nitrogens with one attached hydrogen (secondary N) is 1. The average molecular weight is 269 g/mol. The zero-order chi connectivity index (χ0) is 12.8. The second-order valence-corrected chi connectivity index (χ2v) is 5.59. The van der Waals surface area contributed by atoms with E-state index in [9.17, 15) is 0 Å². The molecule has 1 aromatic rings. The molecule has 18 heavy (non-hydrogen) atoms. The van der Waals surface area contributed by atoms with Crippen LogP contribution in [0.25, 0.3) is 0 Å². The predicted molar refractivity (Wildman–Crippen MR) is 74.9 cm³/mol. The van der Waals surface area contributed by atoms with E-state index in [2.05, 4.69) is 22.5 Å². The van der Waals surface area contributed by atoms with Gasteiger partial charge in [0.15, 0.2) is 0 Å². The SMILES string of the molecule is CCCC(c1nc(COC)cs1)N1CCNCC1. The molecule has 0 saturated carbocycles. The smallest absolute Gasteiger partial charge is 0.110 e. The van der Waals surface area contributed by atoms with E-state index >= 15 is 0 Å². The highest BCUT2D eigenvalue weighted by Gasteiger charge is 2.23. The van der Waals surface area contributed by atoms with Gasteiger partial charge in [0.05, 0.1) is 18.3 Å². The largest absolute Gasteiger partial charge is 0.378 e. The highest BCUT2D eigenvalue weighted by Crippen LogP contribution is 2.28. The Kier molecular flexibility index (Phi) is 5.56. The Balaban J connectivity index is 2.06. The van der Waals surface area contributed by atoms with E-state index in [-0.39, 0.29) is 0 Å². The van der Waals surface area contributed by atoms with Crippen molar-refractivity contribution in [3.8, 4) is 0 Å². The lowest BCUT2D eigenvalue weighted by Gasteiger charge is -2.33. The maximum atomic E-state index is 5.15. The monoisotopic (exact) mass is 269 g/mol. The van der Waals surface area contributed by atoms with Gasteiger partial charge in [0.1, 0.15) is 5.01 Å². The molecule has 1 N–H and O–H groups in total. The third kappa shape index (κ3) is 3.51. The molecule has 0 bridgehead atoms. The second kappa shape index (κ2) is 7.19. The Hall–Kier alpha value is -0.490. The summed E-state index contributed by atoms with van der Waals surface area (Å²) in [6.45, 7) is 7.32. The van der Waals surface area contributed by atoms with Gasteiger partial charge >= 0.3 is 0 Å². The van der Waals surface area contributed by atoms with Crippen LogP contribution in [-0.4, -0.2) is 43.2 Å². The van der Waals surface area contributed by atoms with Crippen LogP contribution in [0.2, 0.25) is 0 Å². The highest BCUT2D eigenvalue weighted by atomic mass is 32.1. The number of aromatic nitrogens is 1. The van der Waals surface area contributed by atoms with Crippen molar-refractivity contribution in [1.82, 2.24) is 15.2 Å². The van der Waals surface area contributed by atoms with E-state index in [0.717, 1.165) is 31.9 Å². The van der Waals surface area contributed by atoms with Crippen molar-refractivity contribution >= 4 is 11.3 Å². The van der Waals surface area contributed by atoms with Crippen molar-refractivity contribution in [3.05, 3.63) is 16.1 Å². The molecule has 0 aromatic carbocycles. The minimum atomic E-state index is 0.493. The van der Waals surface area contributed by atoms with Crippen LogP contribution in [0.3, 0.4) is 0 Å². The van der Waals surface area contributed by atoms with E-state index < -0.39 is 0 Å². The van der Waals surface area contributed by atoms with Crippen molar-refractivity contribution in [3.63, 3.8) is 0 Å². The zero-order valence-corrected chi connectivity index (χ0v) is 12.1. The van der Waals surface area contributed by atoms with Gasteiger partial charge in [0, 0.05) is 38.7 Å². The fourth-order valence-electron chi connectivity index (χ4n) is 2.42. The summed E-state index contributed by atoms with van der Waals surface area (Å²) in [5.41, 5.74) is 1.06.